The van der Waals surface area contributed by atoms with Gasteiger partial charge in [-0.05, 0) is 36.6 Å². The lowest BCUT2D eigenvalue weighted by Gasteiger charge is -2.36. The first-order chi connectivity index (χ1) is 18.9. The van der Waals surface area contributed by atoms with E-state index in [1.807, 2.05) is 43.6 Å². The lowest BCUT2D eigenvalue weighted by Crippen LogP contribution is -2.47. The maximum Gasteiger partial charge on any atom is 0.267 e. The number of piperazine rings is 1. The molecule has 0 radical (unpaired) electrons. The zero-order valence-corrected chi connectivity index (χ0v) is 23.6. The van der Waals surface area contributed by atoms with Crippen molar-refractivity contribution in [3.8, 4) is 0 Å². The number of carbonyl (C=O) groups is 1. The molecule has 0 spiro atoms. The number of hydrogen-bond donors (Lipinski definition) is 2. The molecule has 202 valence electrons. The van der Waals surface area contributed by atoms with Crippen molar-refractivity contribution in [1.29, 1.82) is 0 Å². The monoisotopic (exact) mass is 563 g/mol. The van der Waals surface area contributed by atoms with E-state index in [9.17, 15) is 4.79 Å². The van der Waals surface area contributed by atoms with Crippen molar-refractivity contribution >= 4 is 57.2 Å². The predicted molar refractivity (Wildman–Crippen MR) is 157 cm³/mol. The number of anilines is 5. The number of carbonyl (C=O) groups excluding carboxylic acids is 1. The van der Waals surface area contributed by atoms with Gasteiger partial charge in [-0.3, -0.25) is 15.1 Å². The lowest BCUT2D eigenvalue weighted by molar-refractivity contribution is 0.103. The summed E-state index contributed by atoms with van der Waals surface area (Å²) in [6, 6.07) is 9.54. The number of pyridine rings is 1. The average Bonchev–Trinajstić information content (AvgIpc) is 3.39. The van der Waals surface area contributed by atoms with Crippen molar-refractivity contribution in [3.05, 3.63) is 70.2 Å². The van der Waals surface area contributed by atoms with Crippen LogP contribution in [0.2, 0.25) is 5.02 Å². The fourth-order valence-corrected chi connectivity index (χ4v) is 5.25. The van der Waals surface area contributed by atoms with E-state index in [1.165, 1.54) is 17.5 Å². The number of hydrogen-bond acceptors (Lipinski definition) is 10. The van der Waals surface area contributed by atoms with Crippen molar-refractivity contribution in [3.63, 3.8) is 0 Å². The summed E-state index contributed by atoms with van der Waals surface area (Å²) in [6.07, 6.45) is 5.89. The molecule has 3 aromatic heterocycles. The van der Waals surface area contributed by atoms with Crippen molar-refractivity contribution < 1.29 is 4.79 Å². The van der Waals surface area contributed by atoms with E-state index in [0.29, 0.717) is 38.5 Å². The topological polar surface area (TPSA) is 112 Å². The fraction of sp³-hybridized carbons (Fsp3) is 0.333. The van der Waals surface area contributed by atoms with Crippen LogP contribution < -0.4 is 20.4 Å². The second-order valence-corrected chi connectivity index (χ2v) is 11.1. The summed E-state index contributed by atoms with van der Waals surface area (Å²) >= 11 is 7.49. The highest BCUT2D eigenvalue weighted by Crippen LogP contribution is 2.28. The highest BCUT2D eigenvalue weighted by atomic mass is 35.5. The zero-order valence-electron chi connectivity index (χ0n) is 22.1. The van der Waals surface area contributed by atoms with Gasteiger partial charge in [0.25, 0.3) is 5.91 Å². The van der Waals surface area contributed by atoms with Gasteiger partial charge in [0.15, 0.2) is 5.13 Å². The third-order valence-corrected chi connectivity index (χ3v) is 7.49. The SMILES string of the molecule is Cc1cccc(Cl)c1NC(=O)c1cnc(Nc2nc(CC(C)C)nc(N3CCN(c4ccncc4)CC3)n2)s1. The molecule has 10 nitrogen and oxygen atoms in total. The molecule has 0 aliphatic carbocycles. The summed E-state index contributed by atoms with van der Waals surface area (Å²) < 4.78 is 0. The Morgan fingerprint density at radius 3 is 2.51 bits per heavy atom. The molecule has 4 aromatic rings. The molecule has 0 unspecified atom stereocenters. The summed E-state index contributed by atoms with van der Waals surface area (Å²) in [5, 5.41) is 7.08. The first-order valence-electron chi connectivity index (χ1n) is 12.8. The molecule has 1 aliphatic rings. The minimum Gasteiger partial charge on any atom is -0.368 e. The number of benzene rings is 1. The summed E-state index contributed by atoms with van der Waals surface area (Å²) in [5.74, 6) is 1.88. The summed E-state index contributed by atoms with van der Waals surface area (Å²) in [7, 11) is 0. The van der Waals surface area contributed by atoms with Crippen molar-refractivity contribution in [2.45, 2.75) is 27.2 Å². The van der Waals surface area contributed by atoms with E-state index in [-0.39, 0.29) is 5.91 Å². The summed E-state index contributed by atoms with van der Waals surface area (Å²) in [5.41, 5.74) is 2.64. The molecular weight excluding hydrogens is 534 g/mol. The lowest BCUT2D eigenvalue weighted by atomic mass is 10.1. The quantitative estimate of drug-likeness (QED) is 0.298. The Labute approximate surface area is 236 Å². The van der Waals surface area contributed by atoms with Gasteiger partial charge in [-0.15, -0.1) is 0 Å². The molecule has 4 heterocycles. The van der Waals surface area contributed by atoms with Crippen LogP contribution in [0, 0.1) is 12.8 Å². The normalized spacial score (nSPS) is 13.6. The summed E-state index contributed by atoms with van der Waals surface area (Å²) in [6.45, 7) is 9.45. The standard InChI is InChI=1S/C27H30ClN9OS/c1-17(2)15-22-31-25(34-26(32-22)37-13-11-36(12-14-37)19-7-9-29-10-8-19)35-27-30-16-21(39-27)24(38)33-23-18(3)5-4-6-20(23)28/h4-10,16-17H,11-15H2,1-3H3,(H,33,38)(H,30,31,32,34,35). The predicted octanol–water partition coefficient (Wildman–Crippen LogP) is 5.21. The Kier molecular flexibility index (Phi) is 8.18. The first kappa shape index (κ1) is 26.8. The van der Waals surface area contributed by atoms with Gasteiger partial charge in [-0.2, -0.15) is 15.0 Å². The van der Waals surface area contributed by atoms with Crippen molar-refractivity contribution in [2.75, 3.05) is 46.6 Å². The number of nitrogens with one attached hydrogen (secondary N) is 2. The largest absolute Gasteiger partial charge is 0.368 e. The van der Waals surface area contributed by atoms with Crippen LogP contribution in [0.5, 0.6) is 0 Å². The molecule has 12 heteroatoms. The van der Waals surface area contributed by atoms with Gasteiger partial charge in [0.05, 0.1) is 16.9 Å². The van der Waals surface area contributed by atoms with Crippen LogP contribution in [0.1, 0.15) is 34.9 Å². The van der Waals surface area contributed by atoms with Gasteiger partial charge < -0.3 is 15.1 Å². The Balaban J connectivity index is 1.30. The van der Waals surface area contributed by atoms with Crippen LogP contribution in [-0.4, -0.2) is 57.0 Å². The zero-order chi connectivity index (χ0) is 27.4. The number of aromatic nitrogens is 5. The molecule has 2 N–H and O–H groups in total. The number of thiazole rings is 1. The molecule has 5 rings (SSSR count). The number of halogens is 1. The molecule has 0 atom stereocenters. The van der Waals surface area contributed by atoms with E-state index in [0.717, 1.165) is 49.7 Å². The number of rotatable bonds is 8. The molecule has 1 aromatic carbocycles. The fourth-order valence-electron chi connectivity index (χ4n) is 4.28. The van der Waals surface area contributed by atoms with Crippen molar-refractivity contribution in [2.24, 2.45) is 5.92 Å². The number of amides is 1. The molecule has 1 amide bonds. The van der Waals surface area contributed by atoms with Gasteiger partial charge in [0.1, 0.15) is 10.7 Å². The average molecular weight is 564 g/mol. The van der Waals surface area contributed by atoms with E-state index < -0.39 is 0 Å². The van der Waals surface area contributed by atoms with Gasteiger partial charge in [-0.25, -0.2) is 4.98 Å². The summed E-state index contributed by atoms with van der Waals surface area (Å²) in [4.78, 5) is 40.5. The second kappa shape index (κ2) is 11.9. The molecular formula is C27H30ClN9OS. The third-order valence-electron chi connectivity index (χ3n) is 6.26. The van der Waals surface area contributed by atoms with Gasteiger partial charge in [0.2, 0.25) is 11.9 Å². The van der Waals surface area contributed by atoms with E-state index in [4.69, 9.17) is 21.6 Å². The van der Waals surface area contributed by atoms with E-state index in [1.54, 1.807) is 6.07 Å². The van der Waals surface area contributed by atoms with Gasteiger partial charge in [0, 0.05) is 50.7 Å². The Bertz CT molecular complexity index is 1420. The number of para-hydroxylation sites is 1. The molecule has 39 heavy (non-hydrogen) atoms. The maximum absolute atomic E-state index is 12.9. The Morgan fingerprint density at radius 1 is 1.05 bits per heavy atom. The van der Waals surface area contributed by atoms with E-state index >= 15 is 0 Å². The number of nitrogens with zero attached hydrogens (tertiary/aromatic N) is 7. The highest BCUT2D eigenvalue weighted by molar-refractivity contribution is 7.17. The van der Waals surface area contributed by atoms with Crippen LogP contribution in [0.3, 0.4) is 0 Å². The highest BCUT2D eigenvalue weighted by Gasteiger charge is 2.22. The van der Waals surface area contributed by atoms with Gasteiger partial charge >= 0.3 is 0 Å². The second-order valence-electron chi connectivity index (χ2n) is 9.69. The van der Waals surface area contributed by atoms with Crippen molar-refractivity contribution in [1.82, 2.24) is 24.9 Å². The van der Waals surface area contributed by atoms with E-state index in [2.05, 4.69) is 49.2 Å². The molecule has 1 saturated heterocycles. The number of aryl methyl sites for hydroxylation is 1. The van der Waals surface area contributed by atoms with Crippen LogP contribution in [0.15, 0.2) is 48.9 Å². The minimum atomic E-state index is -0.277. The van der Waals surface area contributed by atoms with Crippen LogP contribution >= 0.6 is 22.9 Å². The smallest absolute Gasteiger partial charge is 0.267 e. The van der Waals surface area contributed by atoms with Crippen LogP contribution in [-0.2, 0) is 6.42 Å². The Hall–Kier alpha value is -3.83. The molecule has 1 fully saturated rings. The van der Waals surface area contributed by atoms with Crippen LogP contribution in [0.25, 0.3) is 0 Å². The van der Waals surface area contributed by atoms with Gasteiger partial charge in [-0.1, -0.05) is 48.9 Å². The Morgan fingerprint density at radius 2 is 1.79 bits per heavy atom. The molecule has 0 saturated carbocycles. The molecule has 1 aliphatic heterocycles. The minimum absolute atomic E-state index is 0.277. The van der Waals surface area contributed by atoms with Crippen LogP contribution in [0.4, 0.5) is 28.4 Å². The molecule has 0 bridgehead atoms. The third kappa shape index (κ3) is 6.61. The maximum atomic E-state index is 12.9. The first-order valence-corrected chi connectivity index (χ1v) is 14.0.